The van der Waals surface area contributed by atoms with Crippen LogP contribution >= 0.6 is 0 Å². The summed E-state index contributed by atoms with van der Waals surface area (Å²) >= 11 is 0. The van der Waals surface area contributed by atoms with E-state index in [0.29, 0.717) is 0 Å². The summed E-state index contributed by atoms with van der Waals surface area (Å²) in [4.78, 5) is 24.4. The molecular formula is C17H22N2O2. The number of ketones is 1. The van der Waals surface area contributed by atoms with Crippen LogP contribution in [0.25, 0.3) is 0 Å². The predicted molar refractivity (Wildman–Crippen MR) is 80.9 cm³/mol. The molecule has 21 heavy (non-hydrogen) atoms. The lowest BCUT2D eigenvalue weighted by Gasteiger charge is -2.27. The summed E-state index contributed by atoms with van der Waals surface area (Å²) in [5, 5.41) is 6.09. The fourth-order valence-electron chi connectivity index (χ4n) is 3.37. The van der Waals surface area contributed by atoms with Crippen LogP contribution < -0.4 is 10.6 Å². The van der Waals surface area contributed by atoms with E-state index < -0.39 is 5.91 Å². The minimum Gasteiger partial charge on any atom is -0.343 e. The van der Waals surface area contributed by atoms with Crippen molar-refractivity contribution in [2.24, 2.45) is 0 Å². The normalized spacial score (nSPS) is 25.0. The summed E-state index contributed by atoms with van der Waals surface area (Å²) in [5.74, 6) is -0.742. The van der Waals surface area contributed by atoms with E-state index in [1.807, 2.05) is 12.1 Å². The minimum absolute atomic E-state index is 0.0185. The molecule has 4 heteroatoms. The quantitative estimate of drug-likeness (QED) is 0.834. The Morgan fingerprint density at radius 3 is 2.76 bits per heavy atom. The maximum absolute atomic E-state index is 12.2. The molecule has 1 amide bonds. The Balaban J connectivity index is 1.66. The van der Waals surface area contributed by atoms with Crippen LogP contribution in [0.2, 0.25) is 0 Å². The van der Waals surface area contributed by atoms with Gasteiger partial charge in [0.05, 0.1) is 12.1 Å². The Hall–Kier alpha value is -1.68. The van der Waals surface area contributed by atoms with Gasteiger partial charge in [0.25, 0.3) is 5.91 Å². The molecule has 2 atom stereocenters. The Labute approximate surface area is 125 Å². The van der Waals surface area contributed by atoms with Gasteiger partial charge in [-0.3, -0.25) is 9.59 Å². The number of piperidine rings is 1. The SMILES string of the molecule is O=C(NC1CCCc2ccccc21)C(=O)C1CCCCN1. The second-order valence-electron chi connectivity index (χ2n) is 5.98. The minimum atomic E-state index is -0.434. The van der Waals surface area contributed by atoms with E-state index in [1.54, 1.807) is 0 Å². The van der Waals surface area contributed by atoms with E-state index in [1.165, 1.54) is 11.1 Å². The van der Waals surface area contributed by atoms with Crippen LogP contribution in [0.15, 0.2) is 24.3 Å². The van der Waals surface area contributed by atoms with E-state index in [2.05, 4.69) is 22.8 Å². The van der Waals surface area contributed by atoms with Crippen LogP contribution in [0.1, 0.15) is 49.3 Å². The molecule has 0 radical (unpaired) electrons. The van der Waals surface area contributed by atoms with Gasteiger partial charge in [-0.2, -0.15) is 0 Å². The highest BCUT2D eigenvalue weighted by atomic mass is 16.2. The first-order chi connectivity index (χ1) is 10.3. The number of rotatable bonds is 3. The smallest absolute Gasteiger partial charge is 0.289 e. The predicted octanol–water partition coefficient (Wildman–Crippen LogP) is 1.89. The molecule has 2 aliphatic rings. The molecule has 0 saturated carbocycles. The molecule has 1 heterocycles. The van der Waals surface area contributed by atoms with Crippen LogP contribution in [0.3, 0.4) is 0 Å². The average Bonchev–Trinajstić information content (AvgIpc) is 2.55. The lowest BCUT2D eigenvalue weighted by Crippen LogP contribution is -2.48. The summed E-state index contributed by atoms with van der Waals surface area (Å²) in [6, 6.07) is 7.88. The molecule has 112 valence electrons. The molecule has 0 spiro atoms. The molecule has 2 N–H and O–H groups in total. The third-order valence-electron chi connectivity index (χ3n) is 4.53. The maximum atomic E-state index is 12.2. The van der Waals surface area contributed by atoms with Gasteiger partial charge in [-0.05, 0) is 49.8 Å². The van der Waals surface area contributed by atoms with Crippen molar-refractivity contribution in [1.29, 1.82) is 0 Å². The molecule has 3 rings (SSSR count). The number of nitrogens with one attached hydrogen (secondary N) is 2. The zero-order valence-corrected chi connectivity index (χ0v) is 12.2. The number of hydrogen-bond acceptors (Lipinski definition) is 3. The Morgan fingerprint density at radius 2 is 1.95 bits per heavy atom. The van der Waals surface area contributed by atoms with Crippen LogP contribution in [0.5, 0.6) is 0 Å². The molecule has 1 aliphatic heterocycles. The van der Waals surface area contributed by atoms with Gasteiger partial charge in [0, 0.05) is 0 Å². The van der Waals surface area contributed by atoms with E-state index >= 15 is 0 Å². The number of fused-ring (bicyclic) bond motifs is 1. The molecule has 1 aliphatic carbocycles. The molecule has 4 nitrogen and oxygen atoms in total. The number of benzene rings is 1. The van der Waals surface area contributed by atoms with Gasteiger partial charge in [-0.15, -0.1) is 0 Å². The number of hydrogen-bond donors (Lipinski definition) is 2. The average molecular weight is 286 g/mol. The van der Waals surface area contributed by atoms with E-state index in [9.17, 15) is 9.59 Å². The fraction of sp³-hybridized carbons (Fsp3) is 0.529. The summed E-state index contributed by atoms with van der Waals surface area (Å²) in [6.45, 7) is 0.829. The highest BCUT2D eigenvalue weighted by molar-refractivity contribution is 6.38. The first kappa shape index (κ1) is 14.3. The first-order valence-electron chi connectivity index (χ1n) is 7.91. The molecule has 2 unspecified atom stereocenters. The van der Waals surface area contributed by atoms with Crippen molar-refractivity contribution in [2.45, 2.75) is 50.6 Å². The maximum Gasteiger partial charge on any atom is 0.289 e. The number of amides is 1. The fourth-order valence-corrected chi connectivity index (χ4v) is 3.37. The lowest BCUT2D eigenvalue weighted by atomic mass is 9.87. The van der Waals surface area contributed by atoms with Crippen molar-refractivity contribution >= 4 is 11.7 Å². The van der Waals surface area contributed by atoms with Crippen molar-refractivity contribution in [1.82, 2.24) is 10.6 Å². The second kappa shape index (κ2) is 6.39. The summed E-state index contributed by atoms with van der Waals surface area (Å²) in [5.41, 5.74) is 2.46. The summed E-state index contributed by atoms with van der Waals surface area (Å²) in [7, 11) is 0. The van der Waals surface area contributed by atoms with Crippen LogP contribution in [-0.2, 0) is 16.0 Å². The second-order valence-corrected chi connectivity index (χ2v) is 5.98. The van der Waals surface area contributed by atoms with Crippen LogP contribution in [0.4, 0.5) is 0 Å². The standard InChI is InChI=1S/C17H22N2O2/c20-16(15-9-3-4-11-18-15)17(21)19-14-10-5-7-12-6-1-2-8-13(12)14/h1-2,6,8,14-15,18H,3-5,7,9-11H2,(H,19,21). The number of carbonyl (C=O) groups excluding carboxylic acids is 2. The van der Waals surface area contributed by atoms with Crippen molar-refractivity contribution in [2.75, 3.05) is 6.54 Å². The molecule has 1 fully saturated rings. The van der Waals surface area contributed by atoms with Crippen LogP contribution in [-0.4, -0.2) is 24.3 Å². The Bertz CT molecular complexity index is 535. The van der Waals surface area contributed by atoms with Gasteiger partial charge >= 0.3 is 0 Å². The van der Waals surface area contributed by atoms with E-state index in [0.717, 1.165) is 45.1 Å². The van der Waals surface area contributed by atoms with Crippen molar-refractivity contribution in [3.8, 4) is 0 Å². The lowest BCUT2D eigenvalue weighted by molar-refractivity contribution is -0.139. The molecule has 1 saturated heterocycles. The third kappa shape index (κ3) is 3.16. The van der Waals surface area contributed by atoms with E-state index in [-0.39, 0.29) is 17.9 Å². The Kier molecular flexibility index (Phi) is 4.34. The van der Waals surface area contributed by atoms with Gasteiger partial charge in [0.1, 0.15) is 0 Å². The van der Waals surface area contributed by atoms with Gasteiger partial charge in [0.2, 0.25) is 5.78 Å². The van der Waals surface area contributed by atoms with Gasteiger partial charge in [-0.1, -0.05) is 30.7 Å². The number of carbonyl (C=O) groups is 2. The summed E-state index contributed by atoms with van der Waals surface area (Å²) in [6.07, 6.45) is 5.89. The monoisotopic (exact) mass is 286 g/mol. The third-order valence-corrected chi connectivity index (χ3v) is 4.53. The first-order valence-corrected chi connectivity index (χ1v) is 7.91. The number of aryl methyl sites for hydroxylation is 1. The van der Waals surface area contributed by atoms with Gasteiger partial charge in [-0.25, -0.2) is 0 Å². The summed E-state index contributed by atoms with van der Waals surface area (Å²) < 4.78 is 0. The van der Waals surface area contributed by atoms with Gasteiger partial charge < -0.3 is 10.6 Å². The molecular weight excluding hydrogens is 264 g/mol. The highest BCUT2D eigenvalue weighted by Crippen LogP contribution is 2.29. The Morgan fingerprint density at radius 1 is 1.10 bits per heavy atom. The molecule has 0 aromatic heterocycles. The largest absolute Gasteiger partial charge is 0.343 e. The van der Waals surface area contributed by atoms with Crippen LogP contribution in [0, 0.1) is 0 Å². The van der Waals surface area contributed by atoms with Crippen molar-refractivity contribution in [3.63, 3.8) is 0 Å². The molecule has 1 aromatic carbocycles. The van der Waals surface area contributed by atoms with Gasteiger partial charge in [0.15, 0.2) is 0 Å². The molecule has 0 bridgehead atoms. The topological polar surface area (TPSA) is 58.2 Å². The van der Waals surface area contributed by atoms with E-state index in [4.69, 9.17) is 0 Å². The van der Waals surface area contributed by atoms with Crippen molar-refractivity contribution in [3.05, 3.63) is 35.4 Å². The number of Topliss-reactive ketones (excluding diaryl/α,β-unsaturated/α-hetero) is 1. The molecule has 1 aromatic rings. The zero-order chi connectivity index (χ0) is 14.7. The zero-order valence-electron chi connectivity index (χ0n) is 12.2. The highest BCUT2D eigenvalue weighted by Gasteiger charge is 2.29. The van der Waals surface area contributed by atoms with Crippen molar-refractivity contribution < 1.29 is 9.59 Å².